The Balaban J connectivity index is 2.82. The molecule has 1 N–H and O–H groups in total. The molecular weight excluding hydrogens is 258 g/mol. The summed E-state index contributed by atoms with van der Waals surface area (Å²) in [6.45, 7) is 1.12. The van der Waals surface area contributed by atoms with Crippen molar-refractivity contribution in [2.75, 3.05) is 12.9 Å². The molecule has 0 radical (unpaired) electrons. The largest absolute Gasteiger partial charge is 0.479 e. The molecule has 0 saturated heterocycles. The summed E-state index contributed by atoms with van der Waals surface area (Å²) in [5.74, 6) is -1.11. The summed E-state index contributed by atoms with van der Waals surface area (Å²) < 4.78 is 22.5. The summed E-state index contributed by atoms with van der Waals surface area (Å²) in [7, 11) is -3.22. The van der Waals surface area contributed by atoms with E-state index in [2.05, 4.69) is 9.99 Å². The maximum atomic E-state index is 11.2. The van der Waals surface area contributed by atoms with Crippen LogP contribution in [0.15, 0.2) is 34.3 Å². The number of benzene rings is 1. The lowest BCUT2D eigenvalue weighted by Gasteiger charge is -2.02. The van der Waals surface area contributed by atoms with Gasteiger partial charge < -0.3 is 9.94 Å². The van der Waals surface area contributed by atoms with E-state index in [1.54, 1.807) is 19.1 Å². The van der Waals surface area contributed by atoms with Crippen LogP contribution in [0, 0.1) is 0 Å². The van der Waals surface area contributed by atoms with E-state index in [0.717, 1.165) is 6.26 Å². The highest BCUT2D eigenvalue weighted by Crippen LogP contribution is 2.11. The Morgan fingerprint density at radius 2 is 1.89 bits per heavy atom. The van der Waals surface area contributed by atoms with E-state index in [1.807, 2.05) is 0 Å². The lowest BCUT2D eigenvalue weighted by molar-refractivity contribution is -0.142. The number of oxime groups is 1. The fourth-order valence-corrected chi connectivity index (χ4v) is 1.81. The van der Waals surface area contributed by atoms with Gasteiger partial charge in [0, 0.05) is 6.26 Å². The SMILES string of the molecule is C/C(=N\OCC(=O)O)c1ccc(S(C)(=O)=O)cc1. The standard InChI is InChI=1S/C11H13NO5S/c1-8(12-17-7-11(13)14)9-3-5-10(6-4-9)18(2,15)16/h3-6H,7H2,1-2H3,(H,13,14)/b12-8+. The first-order valence-electron chi connectivity index (χ1n) is 4.99. The minimum absolute atomic E-state index is 0.213. The van der Waals surface area contributed by atoms with Gasteiger partial charge in [-0.1, -0.05) is 17.3 Å². The maximum Gasteiger partial charge on any atom is 0.344 e. The number of carboxylic acid groups (broad SMARTS) is 1. The molecule has 0 atom stereocenters. The van der Waals surface area contributed by atoms with Crippen molar-refractivity contribution in [2.45, 2.75) is 11.8 Å². The Kier molecular flexibility index (Phi) is 4.43. The first-order chi connectivity index (χ1) is 8.30. The normalized spacial score (nSPS) is 12.2. The molecule has 0 aliphatic heterocycles. The number of carboxylic acids is 1. The number of nitrogens with zero attached hydrogens (tertiary/aromatic N) is 1. The highest BCUT2D eigenvalue weighted by molar-refractivity contribution is 7.90. The van der Waals surface area contributed by atoms with Crippen LogP contribution in [0.1, 0.15) is 12.5 Å². The smallest absolute Gasteiger partial charge is 0.344 e. The third kappa shape index (κ3) is 4.17. The Hall–Kier alpha value is -1.89. The van der Waals surface area contributed by atoms with Gasteiger partial charge in [0.2, 0.25) is 6.61 Å². The Bertz CT molecular complexity index is 560. The van der Waals surface area contributed by atoms with Gasteiger partial charge in [-0.05, 0) is 24.6 Å². The zero-order valence-electron chi connectivity index (χ0n) is 9.95. The van der Waals surface area contributed by atoms with Crippen molar-refractivity contribution in [1.29, 1.82) is 0 Å². The third-order valence-electron chi connectivity index (χ3n) is 2.09. The van der Waals surface area contributed by atoms with E-state index in [0.29, 0.717) is 11.3 Å². The van der Waals surface area contributed by atoms with Gasteiger partial charge in [-0.3, -0.25) is 0 Å². The molecule has 0 bridgehead atoms. The molecule has 0 aliphatic rings. The number of sulfone groups is 1. The molecule has 18 heavy (non-hydrogen) atoms. The summed E-state index contributed by atoms with van der Waals surface area (Å²) in [6.07, 6.45) is 1.12. The summed E-state index contributed by atoms with van der Waals surface area (Å²) in [5, 5.41) is 12.0. The van der Waals surface area contributed by atoms with Crippen LogP contribution in [0.5, 0.6) is 0 Å². The predicted molar refractivity (Wildman–Crippen MR) is 65.4 cm³/mol. The van der Waals surface area contributed by atoms with Crippen LogP contribution in [0.2, 0.25) is 0 Å². The van der Waals surface area contributed by atoms with Gasteiger partial charge in [0.25, 0.3) is 0 Å². The van der Waals surface area contributed by atoms with Crippen LogP contribution < -0.4 is 0 Å². The maximum absolute atomic E-state index is 11.2. The van der Waals surface area contributed by atoms with Crippen molar-refractivity contribution in [3.8, 4) is 0 Å². The van der Waals surface area contributed by atoms with Gasteiger partial charge in [0.1, 0.15) is 0 Å². The zero-order valence-corrected chi connectivity index (χ0v) is 10.8. The minimum atomic E-state index is -3.22. The molecule has 98 valence electrons. The van der Waals surface area contributed by atoms with Crippen LogP contribution in [0.25, 0.3) is 0 Å². The summed E-state index contributed by atoms with van der Waals surface area (Å²) in [4.78, 5) is 15.0. The van der Waals surface area contributed by atoms with Crippen LogP contribution in [-0.4, -0.2) is 38.1 Å². The third-order valence-corrected chi connectivity index (χ3v) is 3.22. The van der Waals surface area contributed by atoms with Crippen molar-refractivity contribution < 1.29 is 23.2 Å². The quantitative estimate of drug-likeness (QED) is 0.634. The second kappa shape index (κ2) is 5.63. The average Bonchev–Trinajstić information content (AvgIpc) is 2.27. The predicted octanol–water partition coefficient (Wildman–Crippen LogP) is 0.915. The molecule has 1 aromatic rings. The Morgan fingerprint density at radius 1 is 1.33 bits per heavy atom. The lowest BCUT2D eigenvalue weighted by atomic mass is 10.1. The van der Waals surface area contributed by atoms with E-state index in [9.17, 15) is 13.2 Å². The second-order valence-corrected chi connectivity index (χ2v) is 5.66. The summed E-state index contributed by atoms with van der Waals surface area (Å²) >= 11 is 0. The van der Waals surface area contributed by atoms with Crippen molar-refractivity contribution in [2.24, 2.45) is 5.16 Å². The molecule has 1 aromatic carbocycles. The molecule has 6 nitrogen and oxygen atoms in total. The van der Waals surface area contributed by atoms with Crippen molar-refractivity contribution in [1.82, 2.24) is 0 Å². The van der Waals surface area contributed by atoms with Crippen LogP contribution in [-0.2, 0) is 19.5 Å². The Morgan fingerprint density at radius 3 is 2.33 bits per heavy atom. The van der Waals surface area contributed by atoms with E-state index in [1.165, 1.54) is 12.1 Å². The van der Waals surface area contributed by atoms with Gasteiger partial charge in [-0.25, -0.2) is 13.2 Å². The number of carbonyl (C=O) groups is 1. The number of aliphatic carboxylic acids is 1. The molecule has 0 aliphatic carbocycles. The number of hydrogen-bond donors (Lipinski definition) is 1. The first kappa shape index (κ1) is 14.2. The molecule has 0 heterocycles. The average molecular weight is 271 g/mol. The fraction of sp³-hybridized carbons (Fsp3) is 0.273. The van der Waals surface area contributed by atoms with E-state index >= 15 is 0 Å². The summed E-state index contributed by atoms with van der Waals surface area (Å²) in [5.41, 5.74) is 1.13. The topological polar surface area (TPSA) is 93.0 Å². The molecule has 0 amide bonds. The van der Waals surface area contributed by atoms with Crippen LogP contribution in [0.3, 0.4) is 0 Å². The van der Waals surface area contributed by atoms with Gasteiger partial charge in [0.05, 0.1) is 10.6 Å². The fourth-order valence-electron chi connectivity index (χ4n) is 1.18. The minimum Gasteiger partial charge on any atom is -0.479 e. The number of rotatable bonds is 5. The molecule has 0 unspecified atom stereocenters. The van der Waals surface area contributed by atoms with Gasteiger partial charge in [0.15, 0.2) is 9.84 Å². The van der Waals surface area contributed by atoms with Crippen LogP contribution in [0.4, 0.5) is 0 Å². The highest BCUT2D eigenvalue weighted by atomic mass is 32.2. The molecule has 0 spiro atoms. The first-order valence-corrected chi connectivity index (χ1v) is 6.88. The molecule has 0 aromatic heterocycles. The van der Waals surface area contributed by atoms with E-state index < -0.39 is 22.4 Å². The Labute approximate surface area is 105 Å². The van der Waals surface area contributed by atoms with Gasteiger partial charge >= 0.3 is 5.97 Å². The highest BCUT2D eigenvalue weighted by Gasteiger charge is 2.07. The van der Waals surface area contributed by atoms with E-state index in [-0.39, 0.29) is 4.90 Å². The second-order valence-electron chi connectivity index (χ2n) is 3.64. The summed E-state index contributed by atoms with van der Waals surface area (Å²) in [6, 6.07) is 6.08. The lowest BCUT2D eigenvalue weighted by Crippen LogP contribution is -2.05. The number of hydrogen-bond acceptors (Lipinski definition) is 5. The van der Waals surface area contributed by atoms with Gasteiger partial charge in [-0.2, -0.15) is 0 Å². The molecule has 7 heteroatoms. The van der Waals surface area contributed by atoms with Crippen LogP contribution >= 0.6 is 0 Å². The van der Waals surface area contributed by atoms with Crippen molar-refractivity contribution >= 4 is 21.5 Å². The van der Waals surface area contributed by atoms with Crippen molar-refractivity contribution in [3.05, 3.63) is 29.8 Å². The zero-order chi connectivity index (χ0) is 13.8. The molecular formula is C11H13NO5S. The monoisotopic (exact) mass is 271 g/mol. The van der Waals surface area contributed by atoms with Crippen molar-refractivity contribution in [3.63, 3.8) is 0 Å². The molecule has 0 saturated carbocycles. The molecule has 0 fully saturated rings. The van der Waals surface area contributed by atoms with E-state index in [4.69, 9.17) is 5.11 Å². The van der Waals surface area contributed by atoms with Gasteiger partial charge in [-0.15, -0.1) is 0 Å². The molecule has 1 rings (SSSR count).